The van der Waals surface area contributed by atoms with Gasteiger partial charge in [0, 0.05) is 13.1 Å². The molecule has 1 aromatic heterocycles. The van der Waals surface area contributed by atoms with Crippen LogP contribution in [0.1, 0.15) is 38.2 Å². The first-order valence-corrected chi connectivity index (χ1v) is 7.05. The number of aromatic nitrogens is 3. The average molecular weight is 286 g/mol. The second kappa shape index (κ2) is 5.68. The van der Waals surface area contributed by atoms with Gasteiger partial charge in [-0.1, -0.05) is 44.2 Å². The molecule has 0 spiro atoms. The summed E-state index contributed by atoms with van der Waals surface area (Å²) >= 11 is 0. The molecule has 2 aromatic rings. The number of amides is 1. The lowest BCUT2D eigenvalue weighted by molar-refractivity contribution is 0.0623. The summed E-state index contributed by atoms with van der Waals surface area (Å²) in [7, 11) is 1.81. The molecule has 0 aliphatic heterocycles. The van der Waals surface area contributed by atoms with Crippen LogP contribution in [0.15, 0.2) is 36.5 Å². The third-order valence-corrected chi connectivity index (χ3v) is 3.89. The first-order chi connectivity index (χ1) is 9.80. The molecule has 21 heavy (non-hydrogen) atoms. The minimum atomic E-state index is -0.111. The standard InChI is InChI=1S/C16H22N4O/c1-12(16(2,3)4)19(5)15(21)14-11-20(18-17-14)13-9-7-6-8-10-13/h6-12H,1-5H3. The largest absolute Gasteiger partial charge is 0.337 e. The van der Waals surface area contributed by atoms with E-state index in [1.165, 1.54) is 0 Å². The van der Waals surface area contributed by atoms with Crippen LogP contribution in [-0.2, 0) is 0 Å². The number of benzene rings is 1. The fourth-order valence-corrected chi connectivity index (χ4v) is 2.01. The van der Waals surface area contributed by atoms with Crippen LogP contribution in [-0.4, -0.2) is 38.9 Å². The third-order valence-electron chi connectivity index (χ3n) is 3.89. The zero-order valence-corrected chi connectivity index (χ0v) is 13.2. The van der Waals surface area contributed by atoms with Gasteiger partial charge >= 0.3 is 0 Å². The Balaban J connectivity index is 2.20. The maximum absolute atomic E-state index is 12.5. The van der Waals surface area contributed by atoms with Gasteiger partial charge in [-0.15, -0.1) is 5.10 Å². The molecule has 0 aliphatic rings. The molecular formula is C16H22N4O. The number of nitrogens with zero attached hydrogens (tertiary/aromatic N) is 4. The summed E-state index contributed by atoms with van der Waals surface area (Å²) in [6.07, 6.45) is 1.67. The highest BCUT2D eigenvalue weighted by Crippen LogP contribution is 2.23. The van der Waals surface area contributed by atoms with Crippen LogP contribution >= 0.6 is 0 Å². The second-order valence-corrected chi connectivity index (χ2v) is 6.34. The van der Waals surface area contributed by atoms with Crippen LogP contribution in [0.5, 0.6) is 0 Å². The summed E-state index contributed by atoms with van der Waals surface area (Å²) in [5, 5.41) is 8.03. The Labute approximate surface area is 125 Å². The Hall–Kier alpha value is -2.17. The molecule has 0 aliphatic carbocycles. The van der Waals surface area contributed by atoms with Gasteiger partial charge in [0.2, 0.25) is 0 Å². The summed E-state index contributed by atoms with van der Waals surface area (Å²) in [6.45, 7) is 8.38. The molecule has 5 nitrogen and oxygen atoms in total. The van der Waals surface area contributed by atoms with Crippen LogP contribution in [0.2, 0.25) is 0 Å². The molecule has 112 valence electrons. The molecule has 0 bridgehead atoms. The number of hydrogen-bond acceptors (Lipinski definition) is 3. The molecule has 0 radical (unpaired) electrons. The van der Waals surface area contributed by atoms with E-state index in [2.05, 4.69) is 31.1 Å². The molecule has 1 unspecified atom stereocenters. The van der Waals surface area contributed by atoms with E-state index >= 15 is 0 Å². The van der Waals surface area contributed by atoms with Gasteiger partial charge in [0.1, 0.15) is 0 Å². The third kappa shape index (κ3) is 3.29. The van der Waals surface area contributed by atoms with E-state index in [1.54, 1.807) is 22.8 Å². The van der Waals surface area contributed by atoms with Crippen LogP contribution in [0.3, 0.4) is 0 Å². The lowest BCUT2D eigenvalue weighted by atomic mass is 9.87. The van der Waals surface area contributed by atoms with E-state index in [0.717, 1.165) is 5.69 Å². The minimum Gasteiger partial charge on any atom is -0.337 e. The van der Waals surface area contributed by atoms with Gasteiger partial charge in [0.15, 0.2) is 5.69 Å². The van der Waals surface area contributed by atoms with Crippen molar-refractivity contribution in [1.82, 2.24) is 19.9 Å². The molecule has 0 fully saturated rings. The topological polar surface area (TPSA) is 51.0 Å². The SMILES string of the molecule is CC(N(C)C(=O)c1cn(-c2ccccc2)nn1)C(C)(C)C. The number of carbonyl (C=O) groups is 1. The van der Waals surface area contributed by atoms with Crippen molar-refractivity contribution in [1.29, 1.82) is 0 Å². The summed E-state index contributed by atoms with van der Waals surface area (Å²) in [6, 6.07) is 9.73. The molecule has 1 heterocycles. The quantitative estimate of drug-likeness (QED) is 0.871. The summed E-state index contributed by atoms with van der Waals surface area (Å²) in [5.41, 5.74) is 1.26. The molecule has 0 N–H and O–H groups in total. The maximum atomic E-state index is 12.5. The highest BCUT2D eigenvalue weighted by atomic mass is 16.2. The zero-order chi connectivity index (χ0) is 15.6. The molecule has 0 saturated heterocycles. The molecule has 5 heteroatoms. The van der Waals surface area contributed by atoms with E-state index < -0.39 is 0 Å². The van der Waals surface area contributed by atoms with Gasteiger partial charge in [0.25, 0.3) is 5.91 Å². The van der Waals surface area contributed by atoms with Crippen molar-refractivity contribution in [3.63, 3.8) is 0 Å². The van der Waals surface area contributed by atoms with E-state index in [4.69, 9.17) is 0 Å². The Morgan fingerprint density at radius 1 is 1.24 bits per heavy atom. The molecule has 0 saturated carbocycles. The predicted octanol–water partition coefficient (Wildman–Crippen LogP) is 2.77. The van der Waals surface area contributed by atoms with Gasteiger partial charge < -0.3 is 4.90 Å². The van der Waals surface area contributed by atoms with Gasteiger partial charge in [-0.05, 0) is 24.5 Å². The zero-order valence-electron chi connectivity index (χ0n) is 13.2. The Morgan fingerprint density at radius 2 is 1.86 bits per heavy atom. The summed E-state index contributed by atoms with van der Waals surface area (Å²) in [5.74, 6) is -0.111. The summed E-state index contributed by atoms with van der Waals surface area (Å²) in [4.78, 5) is 14.2. The van der Waals surface area contributed by atoms with Crippen LogP contribution in [0.4, 0.5) is 0 Å². The van der Waals surface area contributed by atoms with Crippen molar-refractivity contribution in [3.05, 3.63) is 42.2 Å². The number of para-hydroxylation sites is 1. The first kappa shape index (κ1) is 15.2. The molecule has 2 rings (SSSR count). The number of hydrogen-bond donors (Lipinski definition) is 0. The average Bonchev–Trinajstić information content (AvgIpc) is 2.94. The van der Waals surface area contributed by atoms with Crippen LogP contribution in [0, 0.1) is 5.41 Å². The monoisotopic (exact) mass is 286 g/mol. The van der Waals surface area contributed by atoms with Crippen LogP contribution < -0.4 is 0 Å². The van der Waals surface area contributed by atoms with E-state index in [-0.39, 0.29) is 17.4 Å². The number of rotatable bonds is 3. The first-order valence-electron chi connectivity index (χ1n) is 7.05. The fourth-order valence-electron chi connectivity index (χ4n) is 2.01. The van der Waals surface area contributed by atoms with E-state index in [1.807, 2.05) is 37.3 Å². The fraction of sp³-hybridized carbons (Fsp3) is 0.438. The predicted molar refractivity (Wildman–Crippen MR) is 82.4 cm³/mol. The Morgan fingerprint density at radius 3 is 2.43 bits per heavy atom. The Bertz CT molecular complexity index is 613. The number of carbonyl (C=O) groups excluding carboxylic acids is 1. The van der Waals surface area contributed by atoms with Crippen molar-refractivity contribution in [2.45, 2.75) is 33.7 Å². The Kier molecular flexibility index (Phi) is 4.11. The molecular weight excluding hydrogens is 264 g/mol. The molecule has 1 amide bonds. The lowest BCUT2D eigenvalue weighted by Gasteiger charge is -2.34. The van der Waals surface area contributed by atoms with Gasteiger partial charge in [-0.25, -0.2) is 4.68 Å². The van der Waals surface area contributed by atoms with Crippen molar-refractivity contribution in [2.75, 3.05) is 7.05 Å². The summed E-state index contributed by atoms with van der Waals surface area (Å²) < 4.78 is 1.61. The van der Waals surface area contributed by atoms with Crippen molar-refractivity contribution >= 4 is 5.91 Å². The van der Waals surface area contributed by atoms with Gasteiger partial charge in [0.05, 0.1) is 11.9 Å². The maximum Gasteiger partial charge on any atom is 0.276 e. The normalized spacial score (nSPS) is 13.0. The van der Waals surface area contributed by atoms with Gasteiger partial charge in [-0.3, -0.25) is 4.79 Å². The minimum absolute atomic E-state index is 0.0137. The van der Waals surface area contributed by atoms with Crippen molar-refractivity contribution in [3.8, 4) is 5.69 Å². The van der Waals surface area contributed by atoms with Crippen LogP contribution in [0.25, 0.3) is 5.69 Å². The molecule has 1 aromatic carbocycles. The van der Waals surface area contributed by atoms with E-state index in [0.29, 0.717) is 5.69 Å². The van der Waals surface area contributed by atoms with Crippen molar-refractivity contribution in [2.24, 2.45) is 5.41 Å². The highest BCUT2D eigenvalue weighted by Gasteiger charge is 2.28. The second-order valence-electron chi connectivity index (χ2n) is 6.34. The van der Waals surface area contributed by atoms with E-state index in [9.17, 15) is 4.79 Å². The smallest absolute Gasteiger partial charge is 0.276 e. The molecule has 1 atom stereocenters. The van der Waals surface area contributed by atoms with Gasteiger partial charge in [-0.2, -0.15) is 0 Å². The lowest BCUT2D eigenvalue weighted by Crippen LogP contribution is -2.43. The van der Waals surface area contributed by atoms with Crippen molar-refractivity contribution < 1.29 is 4.79 Å². The highest BCUT2D eigenvalue weighted by molar-refractivity contribution is 5.92.